The van der Waals surface area contributed by atoms with Crippen LogP contribution in [0.2, 0.25) is 0 Å². The smallest absolute Gasteiger partial charge is 0.379 e. The van der Waals surface area contributed by atoms with E-state index in [2.05, 4.69) is 15.2 Å². The van der Waals surface area contributed by atoms with Crippen LogP contribution >= 0.6 is 0 Å². The van der Waals surface area contributed by atoms with Gasteiger partial charge >= 0.3 is 6.18 Å². The van der Waals surface area contributed by atoms with Crippen LogP contribution < -0.4 is 10.2 Å². The van der Waals surface area contributed by atoms with Crippen LogP contribution in [0.25, 0.3) is 0 Å². The number of hydrogen-bond acceptors (Lipinski definition) is 4. The third kappa shape index (κ3) is 4.63. The molecule has 0 spiro atoms. The molecular weight excluding hydrogens is 443 g/mol. The third-order valence-corrected chi connectivity index (χ3v) is 6.29. The summed E-state index contributed by atoms with van der Waals surface area (Å²) in [4.78, 5) is 19.3. The van der Waals surface area contributed by atoms with E-state index in [1.807, 2.05) is 24.3 Å². The normalized spacial score (nSPS) is 17.6. The fraction of sp³-hybridized carbons (Fsp3) is 0.308. The minimum absolute atomic E-state index is 0.0394. The van der Waals surface area contributed by atoms with Gasteiger partial charge in [-0.15, -0.1) is 0 Å². The second-order valence-electron chi connectivity index (χ2n) is 8.67. The largest absolute Gasteiger partial charge is 0.416 e. The Morgan fingerprint density at radius 1 is 1.12 bits per heavy atom. The molecule has 1 amide bonds. The number of nitrogens with zero attached hydrogens (tertiary/aromatic N) is 2. The maximum absolute atomic E-state index is 13.1. The fourth-order valence-electron chi connectivity index (χ4n) is 4.64. The number of ether oxygens (including phenoxy) is 1. The molecule has 1 fully saturated rings. The number of amides is 1. The maximum Gasteiger partial charge on any atom is 0.416 e. The first kappa shape index (κ1) is 22.4. The number of fused-ring (bicyclic) bond motifs is 1. The van der Waals surface area contributed by atoms with Crippen molar-refractivity contribution in [2.75, 3.05) is 24.7 Å². The van der Waals surface area contributed by atoms with Crippen molar-refractivity contribution < 1.29 is 22.7 Å². The number of carbonyl (C=O) groups is 1. The van der Waals surface area contributed by atoms with Gasteiger partial charge in [0.1, 0.15) is 0 Å². The van der Waals surface area contributed by atoms with Gasteiger partial charge in [-0.3, -0.25) is 9.78 Å². The lowest BCUT2D eigenvalue weighted by atomic mass is 10.0. The van der Waals surface area contributed by atoms with E-state index in [4.69, 9.17) is 4.74 Å². The molecule has 2 aliphatic heterocycles. The summed E-state index contributed by atoms with van der Waals surface area (Å²) < 4.78 is 44.5. The quantitative estimate of drug-likeness (QED) is 0.580. The van der Waals surface area contributed by atoms with Crippen molar-refractivity contribution in [2.24, 2.45) is 0 Å². The molecule has 3 heterocycles. The van der Waals surface area contributed by atoms with E-state index in [-0.39, 0.29) is 11.9 Å². The molecule has 1 N–H and O–H groups in total. The van der Waals surface area contributed by atoms with Gasteiger partial charge < -0.3 is 15.0 Å². The molecular formula is C26H24F3N3O2. The van der Waals surface area contributed by atoms with Gasteiger partial charge in [0.2, 0.25) is 0 Å². The molecule has 5 nitrogen and oxygen atoms in total. The van der Waals surface area contributed by atoms with Crippen molar-refractivity contribution in [3.05, 3.63) is 88.7 Å². The first-order valence-electron chi connectivity index (χ1n) is 11.3. The molecule has 0 bridgehead atoms. The second kappa shape index (κ2) is 9.10. The Morgan fingerprint density at radius 2 is 1.97 bits per heavy atom. The number of hydrogen-bond donors (Lipinski definition) is 1. The summed E-state index contributed by atoms with van der Waals surface area (Å²) in [5.41, 5.74) is 4.20. The van der Waals surface area contributed by atoms with Crippen molar-refractivity contribution in [1.29, 1.82) is 0 Å². The Morgan fingerprint density at radius 3 is 2.76 bits per heavy atom. The predicted octanol–water partition coefficient (Wildman–Crippen LogP) is 4.90. The number of aromatic nitrogens is 1. The molecule has 2 aliphatic rings. The molecule has 0 aliphatic carbocycles. The van der Waals surface area contributed by atoms with Crippen molar-refractivity contribution in [2.45, 2.75) is 31.5 Å². The van der Waals surface area contributed by atoms with E-state index in [0.717, 1.165) is 41.4 Å². The van der Waals surface area contributed by atoms with Gasteiger partial charge in [-0.2, -0.15) is 13.2 Å². The van der Waals surface area contributed by atoms with E-state index < -0.39 is 11.7 Å². The number of pyridine rings is 1. The number of benzene rings is 2. The zero-order valence-electron chi connectivity index (χ0n) is 18.4. The topological polar surface area (TPSA) is 54.5 Å². The van der Waals surface area contributed by atoms with Crippen LogP contribution in [0.5, 0.6) is 0 Å². The Bertz CT molecular complexity index is 1210. The Labute approximate surface area is 195 Å². The van der Waals surface area contributed by atoms with Crippen LogP contribution in [-0.4, -0.2) is 36.7 Å². The van der Waals surface area contributed by atoms with Crippen molar-refractivity contribution in [3.8, 4) is 0 Å². The highest BCUT2D eigenvalue weighted by Gasteiger charge is 2.30. The first-order valence-corrected chi connectivity index (χ1v) is 11.3. The van der Waals surface area contributed by atoms with Gasteiger partial charge in [0.05, 0.1) is 30.1 Å². The van der Waals surface area contributed by atoms with E-state index >= 15 is 0 Å². The van der Waals surface area contributed by atoms with Gasteiger partial charge in [0.15, 0.2) is 0 Å². The van der Waals surface area contributed by atoms with Crippen molar-refractivity contribution >= 4 is 17.3 Å². The first-order chi connectivity index (χ1) is 16.4. The summed E-state index contributed by atoms with van der Waals surface area (Å²) in [7, 11) is 0. The number of nitrogens with one attached hydrogen (secondary N) is 1. The SMILES string of the molecule is O=C(N[C@H]1CCOC1)c1cccc2c1CCN2c1cncc(Cc2cccc(C(F)(F)F)c2)c1. The molecule has 1 saturated heterocycles. The number of alkyl halides is 3. The van der Waals surface area contributed by atoms with Gasteiger partial charge in [0, 0.05) is 30.6 Å². The monoisotopic (exact) mass is 467 g/mol. The van der Waals surface area contributed by atoms with Gasteiger partial charge in [0.25, 0.3) is 5.91 Å². The average molecular weight is 467 g/mol. The Hall–Kier alpha value is -3.39. The molecule has 3 aromatic rings. The van der Waals surface area contributed by atoms with Gasteiger partial charge in [-0.25, -0.2) is 0 Å². The maximum atomic E-state index is 13.1. The minimum atomic E-state index is -4.37. The summed E-state index contributed by atoms with van der Waals surface area (Å²) in [5, 5.41) is 3.06. The van der Waals surface area contributed by atoms with Crippen LogP contribution in [0, 0.1) is 0 Å². The number of anilines is 2. The van der Waals surface area contributed by atoms with E-state index in [0.29, 0.717) is 37.3 Å². The highest BCUT2D eigenvalue weighted by Crippen LogP contribution is 2.37. The van der Waals surface area contributed by atoms with E-state index in [1.54, 1.807) is 18.5 Å². The van der Waals surface area contributed by atoms with E-state index in [1.165, 1.54) is 12.1 Å². The second-order valence-corrected chi connectivity index (χ2v) is 8.67. The number of rotatable bonds is 5. The summed E-state index contributed by atoms with van der Waals surface area (Å²) in [5.74, 6) is -0.0920. The highest BCUT2D eigenvalue weighted by molar-refractivity contribution is 5.98. The zero-order chi connectivity index (χ0) is 23.7. The molecule has 0 saturated carbocycles. The standard InChI is InChI=1S/C26H24F3N3O2/c27-26(28,29)19-4-1-3-17(12-19)11-18-13-21(15-30-14-18)32-9-7-22-23(5-2-6-24(22)32)25(33)31-20-8-10-34-16-20/h1-6,12-15,20H,7-11,16H2,(H,31,33)/t20-/m0/s1. The molecule has 34 heavy (non-hydrogen) atoms. The number of halogens is 3. The molecule has 2 aromatic carbocycles. The van der Waals surface area contributed by atoms with Crippen LogP contribution in [0.15, 0.2) is 60.9 Å². The van der Waals surface area contributed by atoms with Crippen LogP contribution in [-0.2, 0) is 23.8 Å². The summed E-state index contributed by atoms with van der Waals surface area (Å²) in [6, 6.07) is 13.1. The Balaban J connectivity index is 1.37. The van der Waals surface area contributed by atoms with Gasteiger partial charge in [-0.05, 0) is 60.2 Å². The lowest BCUT2D eigenvalue weighted by Crippen LogP contribution is -2.35. The third-order valence-electron chi connectivity index (χ3n) is 6.29. The van der Waals surface area contributed by atoms with Crippen molar-refractivity contribution in [3.63, 3.8) is 0 Å². The van der Waals surface area contributed by atoms with E-state index in [9.17, 15) is 18.0 Å². The average Bonchev–Trinajstić information content (AvgIpc) is 3.48. The molecule has 0 radical (unpaired) electrons. The molecule has 176 valence electrons. The lowest BCUT2D eigenvalue weighted by molar-refractivity contribution is -0.137. The number of carbonyl (C=O) groups excluding carboxylic acids is 1. The predicted molar refractivity (Wildman–Crippen MR) is 122 cm³/mol. The molecule has 5 rings (SSSR count). The minimum Gasteiger partial charge on any atom is -0.379 e. The highest BCUT2D eigenvalue weighted by atomic mass is 19.4. The van der Waals surface area contributed by atoms with Crippen molar-refractivity contribution in [1.82, 2.24) is 10.3 Å². The summed E-state index contributed by atoms with van der Waals surface area (Å²) >= 11 is 0. The zero-order valence-corrected chi connectivity index (χ0v) is 18.4. The molecule has 1 atom stereocenters. The fourth-order valence-corrected chi connectivity index (χ4v) is 4.64. The summed E-state index contributed by atoms with van der Waals surface area (Å²) in [6.07, 6.45) is 0.929. The summed E-state index contributed by atoms with van der Waals surface area (Å²) in [6.45, 7) is 1.90. The lowest BCUT2D eigenvalue weighted by Gasteiger charge is -2.20. The van der Waals surface area contributed by atoms with Crippen LogP contribution in [0.4, 0.5) is 24.5 Å². The Kier molecular flexibility index (Phi) is 6.00. The van der Waals surface area contributed by atoms with Crippen LogP contribution in [0.1, 0.15) is 39.0 Å². The van der Waals surface area contributed by atoms with Gasteiger partial charge in [-0.1, -0.05) is 24.3 Å². The molecule has 8 heteroatoms. The molecule has 1 aromatic heterocycles. The van der Waals surface area contributed by atoms with Crippen LogP contribution in [0.3, 0.4) is 0 Å². The molecule has 0 unspecified atom stereocenters.